The Kier molecular flexibility index (Phi) is 5.63. The first kappa shape index (κ1) is 14.2. The minimum absolute atomic E-state index is 0.118. The molecule has 0 heterocycles. The molecule has 0 aliphatic rings. The molecule has 96 valence electrons. The second kappa shape index (κ2) is 6.75. The second-order valence-corrected chi connectivity index (χ2v) is 4.83. The lowest BCUT2D eigenvalue weighted by molar-refractivity contribution is 0.376. The average molecular weight is 237 g/mol. The van der Waals surface area contributed by atoms with Crippen LogP contribution in [0.15, 0.2) is 18.2 Å². The SMILES string of the molecule is CCCNC(c1ccc(F)c(C)c1)C(C)CC. The molecule has 17 heavy (non-hydrogen) atoms. The van der Waals surface area contributed by atoms with Crippen LogP contribution in [-0.4, -0.2) is 6.54 Å². The van der Waals surface area contributed by atoms with Crippen LogP contribution in [0, 0.1) is 18.7 Å². The summed E-state index contributed by atoms with van der Waals surface area (Å²) < 4.78 is 13.3. The van der Waals surface area contributed by atoms with Crippen molar-refractivity contribution in [2.75, 3.05) is 6.54 Å². The van der Waals surface area contributed by atoms with E-state index in [4.69, 9.17) is 0 Å². The van der Waals surface area contributed by atoms with Crippen LogP contribution in [0.3, 0.4) is 0 Å². The summed E-state index contributed by atoms with van der Waals surface area (Å²) in [7, 11) is 0. The molecule has 0 aliphatic carbocycles. The van der Waals surface area contributed by atoms with Crippen molar-refractivity contribution in [1.82, 2.24) is 5.32 Å². The van der Waals surface area contributed by atoms with Crippen molar-refractivity contribution >= 4 is 0 Å². The summed E-state index contributed by atoms with van der Waals surface area (Å²) >= 11 is 0. The third-order valence-electron chi connectivity index (χ3n) is 3.37. The normalized spacial score (nSPS) is 14.6. The van der Waals surface area contributed by atoms with Crippen molar-refractivity contribution in [2.24, 2.45) is 5.92 Å². The highest BCUT2D eigenvalue weighted by atomic mass is 19.1. The van der Waals surface area contributed by atoms with E-state index in [0.29, 0.717) is 12.0 Å². The lowest BCUT2D eigenvalue weighted by Gasteiger charge is -2.25. The Morgan fingerprint density at radius 1 is 1.29 bits per heavy atom. The molecule has 0 saturated heterocycles. The second-order valence-electron chi connectivity index (χ2n) is 4.83. The van der Waals surface area contributed by atoms with E-state index in [1.54, 1.807) is 6.07 Å². The van der Waals surface area contributed by atoms with Crippen LogP contribution in [0.2, 0.25) is 0 Å². The van der Waals surface area contributed by atoms with Gasteiger partial charge in [0.1, 0.15) is 5.82 Å². The van der Waals surface area contributed by atoms with Gasteiger partial charge in [-0.2, -0.15) is 0 Å². The van der Waals surface area contributed by atoms with Crippen LogP contribution in [0.25, 0.3) is 0 Å². The van der Waals surface area contributed by atoms with Gasteiger partial charge >= 0.3 is 0 Å². The Morgan fingerprint density at radius 3 is 2.53 bits per heavy atom. The molecular formula is C15H24FN. The maximum absolute atomic E-state index is 13.3. The highest BCUT2D eigenvalue weighted by Crippen LogP contribution is 2.25. The van der Waals surface area contributed by atoms with Crippen LogP contribution < -0.4 is 5.32 Å². The number of hydrogen-bond acceptors (Lipinski definition) is 1. The Labute approximate surface area is 104 Å². The van der Waals surface area contributed by atoms with Gasteiger partial charge in [-0.05, 0) is 43.0 Å². The summed E-state index contributed by atoms with van der Waals surface area (Å²) in [6, 6.07) is 5.78. The summed E-state index contributed by atoms with van der Waals surface area (Å²) in [6.07, 6.45) is 2.24. The quantitative estimate of drug-likeness (QED) is 0.781. The van der Waals surface area contributed by atoms with Gasteiger partial charge in [-0.3, -0.25) is 0 Å². The molecule has 2 unspecified atom stereocenters. The Balaban J connectivity index is 2.91. The first-order chi connectivity index (χ1) is 8.10. The third kappa shape index (κ3) is 3.81. The highest BCUT2D eigenvalue weighted by molar-refractivity contribution is 5.27. The van der Waals surface area contributed by atoms with E-state index in [1.165, 1.54) is 5.56 Å². The van der Waals surface area contributed by atoms with Gasteiger partial charge in [-0.15, -0.1) is 0 Å². The van der Waals surface area contributed by atoms with Gasteiger partial charge < -0.3 is 5.32 Å². The van der Waals surface area contributed by atoms with Crippen LogP contribution >= 0.6 is 0 Å². The van der Waals surface area contributed by atoms with Crippen molar-refractivity contribution in [2.45, 2.75) is 46.6 Å². The van der Waals surface area contributed by atoms with Gasteiger partial charge in [0, 0.05) is 6.04 Å². The minimum Gasteiger partial charge on any atom is -0.310 e. The van der Waals surface area contributed by atoms with Gasteiger partial charge in [0.25, 0.3) is 0 Å². The fourth-order valence-electron chi connectivity index (χ4n) is 2.04. The topological polar surface area (TPSA) is 12.0 Å². The summed E-state index contributed by atoms with van der Waals surface area (Å²) in [4.78, 5) is 0. The van der Waals surface area contributed by atoms with Crippen LogP contribution in [0.4, 0.5) is 4.39 Å². The molecule has 0 aliphatic heterocycles. The largest absolute Gasteiger partial charge is 0.310 e. The monoisotopic (exact) mass is 237 g/mol. The summed E-state index contributed by atoms with van der Waals surface area (Å²) in [6.45, 7) is 9.43. The number of benzene rings is 1. The number of halogens is 1. The van der Waals surface area contributed by atoms with Gasteiger partial charge in [0.05, 0.1) is 0 Å². The van der Waals surface area contributed by atoms with E-state index in [9.17, 15) is 4.39 Å². The van der Waals surface area contributed by atoms with Crippen molar-refractivity contribution in [3.63, 3.8) is 0 Å². The zero-order valence-corrected chi connectivity index (χ0v) is 11.4. The number of rotatable bonds is 6. The Bertz CT molecular complexity index is 349. The molecular weight excluding hydrogens is 213 g/mol. The van der Waals surface area contributed by atoms with Crippen molar-refractivity contribution in [1.29, 1.82) is 0 Å². The summed E-state index contributed by atoms with van der Waals surface area (Å²) in [5.74, 6) is 0.443. The molecule has 2 heteroatoms. The smallest absolute Gasteiger partial charge is 0.126 e. The van der Waals surface area contributed by atoms with Gasteiger partial charge in [0.15, 0.2) is 0 Å². The highest BCUT2D eigenvalue weighted by Gasteiger charge is 2.17. The van der Waals surface area contributed by atoms with Crippen LogP contribution in [-0.2, 0) is 0 Å². The van der Waals surface area contributed by atoms with E-state index in [1.807, 2.05) is 19.1 Å². The summed E-state index contributed by atoms with van der Waals surface area (Å²) in [5, 5.41) is 3.56. The lowest BCUT2D eigenvalue weighted by atomic mass is 9.91. The van der Waals surface area contributed by atoms with E-state index in [-0.39, 0.29) is 5.82 Å². The molecule has 0 amide bonds. The van der Waals surface area contributed by atoms with E-state index in [2.05, 4.69) is 26.1 Å². The molecule has 0 saturated carbocycles. The molecule has 1 rings (SSSR count). The Hall–Kier alpha value is -0.890. The zero-order chi connectivity index (χ0) is 12.8. The fourth-order valence-corrected chi connectivity index (χ4v) is 2.04. The van der Waals surface area contributed by atoms with E-state index < -0.39 is 0 Å². The molecule has 0 fully saturated rings. The first-order valence-electron chi connectivity index (χ1n) is 6.59. The van der Waals surface area contributed by atoms with Crippen LogP contribution in [0.1, 0.15) is 50.8 Å². The van der Waals surface area contributed by atoms with Gasteiger partial charge in [0.2, 0.25) is 0 Å². The predicted molar refractivity (Wildman–Crippen MR) is 71.6 cm³/mol. The standard InChI is InChI=1S/C15H24FN/c1-5-9-17-15(11(3)6-2)13-7-8-14(16)12(4)10-13/h7-8,10-11,15,17H,5-6,9H2,1-4H3. The maximum Gasteiger partial charge on any atom is 0.126 e. The van der Waals surface area contributed by atoms with Gasteiger partial charge in [-0.1, -0.05) is 39.3 Å². The van der Waals surface area contributed by atoms with E-state index >= 15 is 0 Å². The number of hydrogen-bond donors (Lipinski definition) is 1. The molecule has 1 aromatic rings. The van der Waals surface area contributed by atoms with Gasteiger partial charge in [-0.25, -0.2) is 4.39 Å². The molecule has 1 aromatic carbocycles. The first-order valence-corrected chi connectivity index (χ1v) is 6.59. The molecule has 0 aromatic heterocycles. The lowest BCUT2D eigenvalue weighted by Crippen LogP contribution is -2.27. The molecule has 0 bridgehead atoms. The summed E-state index contributed by atoms with van der Waals surface area (Å²) in [5.41, 5.74) is 1.93. The molecule has 1 N–H and O–H groups in total. The molecule has 0 radical (unpaired) electrons. The number of nitrogens with one attached hydrogen (secondary N) is 1. The zero-order valence-electron chi connectivity index (χ0n) is 11.4. The van der Waals surface area contributed by atoms with Crippen molar-refractivity contribution in [3.05, 3.63) is 35.1 Å². The van der Waals surface area contributed by atoms with E-state index in [0.717, 1.165) is 24.9 Å². The minimum atomic E-state index is -0.118. The maximum atomic E-state index is 13.3. The Morgan fingerprint density at radius 2 is 2.00 bits per heavy atom. The van der Waals surface area contributed by atoms with Crippen molar-refractivity contribution in [3.8, 4) is 0 Å². The van der Waals surface area contributed by atoms with Crippen LogP contribution in [0.5, 0.6) is 0 Å². The third-order valence-corrected chi connectivity index (χ3v) is 3.37. The molecule has 1 nitrogen and oxygen atoms in total. The number of aryl methyl sites for hydroxylation is 1. The molecule has 2 atom stereocenters. The fraction of sp³-hybridized carbons (Fsp3) is 0.600. The average Bonchev–Trinajstić information content (AvgIpc) is 2.33. The predicted octanol–water partition coefficient (Wildman–Crippen LogP) is 4.22. The molecule has 0 spiro atoms. The van der Waals surface area contributed by atoms with Crippen molar-refractivity contribution < 1.29 is 4.39 Å².